The minimum absolute atomic E-state index is 0.0219. The first kappa shape index (κ1) is 11.6. The molecule has 0 fully saturated rings. The van der Waals surface area contributed by atoms with Gasteiger partial charge in [-0.25, -0.2) is 0 Å². The molecule has 0 aliphatic heterocycles. The maximum Gasteiger partial charge on any atom is 0.291 e. The summed E-state index contributed by atoms with van der Waals surface area (Å²) < 4.78 is 5.05. The standard InChI is InChI=1S/C9H11ClN2O3/c1-11(2)7-5-4-6(12(13)14)8(10)9(7)15-3/h4-5H,1-3H3. The Hall–Kier alpha value is -1.49. The number of hydrogen-bond donors (Lipinski definition) is 0. The van der Waals surface area contributed by atoms with Gasteiger partial charge in [-0.15, -0.1) is 0 Å². The van der Waals surface area contributed by atoms with Crippen molar-refractivity contribution in [2.75, 3.05) is 26.1 Å². The third-order valence-corrected chi connectivity index (χ3v) is 2.30. The Morgan fingerprint density at radius 2 is 2.07 bits per heavy atom. The van der Waals surface area contributed by atoms with Gasteiger partial charge < -0.3 is 9.64 Å². The van der Waals surface area contributed by atoms with Crippen LogP contribution in [0.4, 0.5) is 11.4 Å². The maximum atomic E-state index is 10.6. The fraction of sp³-hybridized carbons (Fsp3) is 0.333. The number of nitro benzene ring substituents is 1. The second kappa shape index (κ2) is 4.35. The van der Waals surface area contributed by atoms with Crippen LogP contribution in [0, 0.1) is 10.1 Å². The minimum atomic E-state index is -0.537. The Labute approximate surface area is 92.4 Å². The molecule has 0 amide bonds. The molecule has 1 rings (SSSR count). The number of nitro groups is 1. The van der Waals surface area contributed by atoms with Crippen molar-refractivity contribution in [1.29, 1.82) is 0 Å². The van der Waals surface area contributed by atoms with Crippen LogP contribution in [-0.2, 0) is 0 Å². The van der Waals surface area contributed by atoms with Crippen LogP contribution in [0.25, 0.3) is 0 Å². The summed E-state index contributed by atoms with van der Waals surface area (Å²) in [6.07, 6.45) is 0. The summed E-state index contributed by atoms with van der Waals surface area (Å²) >= 11 is 5.86. The fourth-order valence-electron chi connectivity index (χ4n) is 1.22. The molecular formula is C9H11ClN2O3. The molecule has 0 saturated carbocycles. The number of benzene rings is 1. The van der Waals surface area contributed by atoms with Crippen molar-refractivity contribution in [2.45, 2.75) is 0 Å². The second-order valence-electron chi connectivity index (χ2n) is 3.10. The van der Waals surface area contributed by atoms with Gasteiger partial charge in [0.05, 0.1) is 17.7 Å². The topological polar surface area (TPSA) is 55.6 Å². The lowest BCUT2D eigenvalue weighted by Crippen LogP contribution is -2.10. The van der Waals surface area contributed by atoms with Crippen LogP contribution in [0.3, 0.4) is 0 Å². The molecule has 1 aromatic rings. The van der Waals surface area contributed by atoms with E-state index < -0.39 is 4.92 Å². The van der Waals surface area contributed by atoms with Crippen LogP contribution in [0.5, 0.6) is 5.75 Å². The first-order valence-electron chi connectivity index (χ1n) is 4.17. The summed E-state index contributed by atoms with van der Waals surface area (Å²) in [6.45, 7) is 0. The van der Waals surface area contributed by atoms with Crippen molar-refractivity contribution in [3.63, 3.8) is 0 Å². The van der Waals surface area contributed by atoms with Gasteiger partial charge in [0.25, 0.3) is 5.69 Å². The highest BCUT2D eigenvalue weighted by Gasteiger charge is 2.20. The third kappa shape index (κ3) is 2.12. The average molecular weight is 231 g/mol. The summed E-state index contributed by atoms with van der Waals surface area (Å²) in [5.74, 6) is 0.316. The molecule has 0 spiro atoms. The number of nitrogens with zero attached hydrogens (tertiary/aromatic N) is 2. The Morgan fingerprint density at radius 3 is 2.47 bits per heavy atom. The highest BCUT2D eigenvalue weighted by Crippen LogP contribution is 2.40. The van der Waals surface area contributed by atoms with E-state index in [4.69, 9.17) is 16.3 Å². The molecule has 0 heterocycles. The van der Waals surface area contributed by atoms with E-state index in [9.17, 15) is 10.1 Å². The van der Waals surface area contributed by atoms with Crippen LogP contribution < -0.4 is 9.64 Å². The number of hydrogen-bond acceptors (Lipinski definition) is 4. The van der Waals surface area contributed by atoms with Crippen molar-refractivity contribution in [2.24, 2.45) is 0 Å². The van der Waals surface area contributed by atoms with Gasteiger partial charge in [-0.2, -0.15) is 0 Å². The molecule has 82 valence electrons. The van der Waals surface area contributed by atoms with Gasteiger partial charge in [-0.1, -0.05) is 11.6 Å². The molecule has 15 heavy (non-hydrogen) atoms. The average Bonchev–Trinajstić information content (AvgIpc) is 2.16. The Morgan fingerprint density at radius 1 is 1.47 bits per heavy atom. The molecule has 0 radical (unpaired) electrons. The number of methoxy groups -OCH3 is 1. The lowest BCUT2D eigenvalue weighted by Gasteiger charge is -2.17. The summed E-state index contributed by atoms with van der Waals surface area (Å²) in [5.41, 5.74) is 0.548. The monoisotopic (exact) mass is 230 g/mol. The molecule has 0 atom stereocenters. The molecule has 5 nitrogen and oxygen atoms in total. The van der Waals surface area contributed by atoms with E-state index >= 15 is 0 Å². The number of anilines is 1. The van der Waals surface area contributed by atoms with Gasteiger partial charge in [0.1, 0.15) is 0 Å². The zero-order chi connectivity index (χ0) is 11.6. The maximum absolute atomic E-state index is 10.6. The summed E-state index contributed by atoms with van der Waals surface area (Å²) in [6, 6.07) is 2.96. The number of rotatable bonds is 3. The van der Waals surface area contributed by atoms with Crippen LogP contribution in [-0.4, -0.2) is 26.1 Å². The largest absolute Gasteiger partial charge is 0.493 e. The van der Waals surface area contributed by atoms with Gasteiger partial charge >= 0.3 is 0 Å². The van der Waals surface area contributed by atoms with Crippen LogP contribution >= 0.6 is 11.6 Å². The summed E-state index contributed by atoms with van der Waals surface area (Å²) in [4.78, 5) is 11.9. The lowest BCUT2D eigenvalue weighted by atomic mass is 10.2. The molecule has 6 heteroatoms. The van der Waals surface area contributed by atoms with Gasteiger partial charge in [0, 0.05) is 20.2 Å². The lowest BCUT2D eigenvalue weighted by molar-refractivity contribution is -0.384. The molecule has 1 aromatic carbocycles. The van der Waals surface area contributed by atoms with Crippen molar-refractivity contribution >= 4 is 23.0 Å². The van der Waals surface area contributed by atoms with Crippen molar-refractivity contribution in [3.05, 3.63) is 27.3 Å². The molecule has 0 aliphatic rings. The minimum Gasteiger partial charge on any atom is -0.493 e. The molecular weight excluding hydrogens is 220 g/mol. The van der Waals surface area contributed by atoms with Crippen molar-refractivity contribution < 1.29 is 9.66 Å². The quantitative estimate of drug-likeness (QED) is 0.591. The van der Waals surface area contributed by atoms with Crippen LogP contribution in [0.15, 0.2) is 12.1 Å². The number of halogens is 1. The number of ether oxygens (including phenoxy) is 1. The Kier molecular flexibility index (Phi) is 3.36. The Bertz CT molecular complexity index is 393. The van der Waals surface area contributed by atoms with Crippen molar-refractivity contribution in [3.8, 4) is 5.75 Å². The van der Waals surface area contributed by atoms with E-state index in [0.717, 1.165) is 0 Å². The molecule has 0 saturated heterocycles. The van der Waals surface area contributed by atoms with E-state index in [1.54, 1.807) is 25.1 Å². The molecule has 0 bridgehead atoms. The fourth-order valence-corrected chi connectivity index (χ4v) is 1.53. The Balaban J connectivity index is 3.39. The zero-order valence-corrected chi connectivity index (χ0v) is 9.41. The highest BCUT2D eigenvalue weighted by molar-refractivity contribution is 6.34. The smallest absolute Gasteiger partial charge is 0.291 e. The van der Waals surface area contributed by atoms with Gasteiger partial charge in [0.2, 0.25) is 0 Å². The SMILES string of the molecule is COc1c(N(C)C)ccc([N+](=O)[O-])c1Cl. The second-order valence-corrected chi connectivity index (χ2v) is 3.48. The van der Waals surface area contributed by atoms with Crippen LogP contribution in [0.1, 0.15) is 0 Å². The molecule has 0 N–H and O–H groups in total. The predicted octanol–water partition coefficient (Wildman–Crippen LogP) is 2.32. The van der Waals surface area contributed by atoms with E-state index in [2.05, 4.69) is 0 Å². The molecule has 0 aliphatic carbocycles. The highest BCUT2D eigenvalue weighted by atomic mass is 35.5. The third-order valence-electron chi connectivity index (χ3n) is 1.94. The van der Waals surface area contributed by atoms with Gasteiger partial charge in [0.15, 0.2) is 10.8 Å². The molecule has 0 unspecified atom stereocenters. The van der Waals surface area contributed by atoms with Crippen molar-refractivity contribution in [1.82, 2.24) is 0 Å². The summed E-state index contributed by atoms with van der Waals surface area (Å²) in [5, 5.41) is 10.6. The normalized spacial score (nSPS) is 9.87. The van der Waals surface area contributed by atoms with E-state index in [1.807, 2.05) is 0 Å². The first-order valence-corrected chi connectivity index (χ1v) is 4.55. The van der Waals surface area contributed by atoms with E-state index in [1.165, 1.54) is 13.2 Å². The van der Waals surface area contributed by atoms with E-state index in [0.29, 0.717) is 11.4 Å². The molecule has 0 aromatic heterocycles. The van der Waals surface area contributed by atoms with E-state index in [-0.39, 0.29) is 10.7 Å². The first-order chi connectivity index (χ1) is 6.99. The van der Waals surface area contributed by atoms with Crippen LogP contribution in [0.2, 0.25) is 5.02 Å². The van der Waals surface area contributed by atoms with Gasteiger partial charge in [-0.05, 0) is 6.07 Å². The van der Waals surface area contributed by atoms with Gasteiger partial charge in [-0.3, -0.25) is 10.1 Å². The predicted molar refractivity (Wildman–Crippen MR) is 59.0 cm³/mol. The zero-order valence-electron chi connectivity index (χ0n) is 8.65. The summed E-state index contributed by atoms with van der Waals surface area (Å²) in [7, 11) is 5.04.